The molecule has 2 aromatic rings. The molecule has 4 atom stereocenters. The number of carbonyl (C=O) groups is 1. The minimum atomic E-state index is -1.09. The summed E-state index contributed by atoms with van der Waals surface area (Å²) in [5.74, 6) is 0.837. The number of amides is 1. The van der Waals surface area contributed by atoms with E-state index in [0.29, 0.717) is 22.8 Å². The van der Waals surface area contributed by atoms with E-state index in [1.807, 2.05) is 0 Å². The minimum Gasteiger partial charge on any atom is -0.388 e. The summed E-state index contributed by atoms with van der Waals surface area (Å²) in [6.07, 6.45) is -1.89. The highest BCUT2D eigenvalue weighted by molar-refractivity contribution is 5.83. The van der Waals surface area contributed by atoms with Crippen LogP contribution in [-0.4, -0.2) is 72.9 Å². The molecule has 1 aliphatic heterocycles. The summed E-state index contributed by atoms with van der Waals surface area (Å²) in [6, 6.07) is 0. The maximum Gasteiger partial charge on any atom is 0.219 e. The number of anilines is 1. The number of hydrogen-bond acceptors (Lipinski definition) is 8. The van der Waals surface area contributed by atoms with Crippen LogP contribution in [0.4, 0.5) is 5.82 Å². The molecule has 0 saturated carbocycles. The minimum absolute atomic E-state index is 0.102. The molecule has 136 valence electrons. The van der Waals surface area contributed by atoms with Crippen LogP contribution in [0.3, 0.4) is 0 Å². The Bertz CT molecular complexity index is 794. The summed E-state index contributed by atoms with van der Waals surface area (Å²) in [6.45, 7) is 3.39. The second-order valence-corrected chi connectivity index (χ2v) is 6.15. The van der Waals surface area contributed by atoms with Crippen LogP contribution in [0.1, 0.15) is 25.9 Å². The molecule has 0 radical (unpaired) electrons. The third-order valence-corrected chi connectivity index (χ3v) is 4.37. The van der Waals surface area contributed by atoms with Gasteiger partial charge in [0.05, 0.1) is 19.0 Å². The lowest BCUT2D eigenvalue weighted by atomic mass is 10.1. The van der Waals surface area contributed by atoms with Gasteiger partial charge in [-0.1, -0.05) is 0 Å². The maximum atomic E-state index is 11.5. The molecular formula is C15H22N6O4. The fraction of sp³-hybridized carbons (Fsp3) is 0.600. The fourth-order valence-electron chi connectivity index (χ4n) is 2.77. The van der Waals surface area contributed by atoms with Gasteiger partial charge in [0, 0.05) is 21.0 Å². The van der Waals surface area contributed by atoms with Crippen LogP contribution in [0.15, 0.2) is 6.33 Å². The van der Waals surface area contributed by atoms with Crippen molar-refractivity contribution in [3.05, 3.63) is 12.2 Å². The van der Waals surface area contributed by atoms with Gasteiger partial charge in [-0.3, -0.25) is 9.36 Å². The molecule has 1 saturated heterocycles. The largest absolute Gasteiger partial charge is 0.388 e. The number of hydrogen-bond donors (Lipinski definition) is 3. The number of imidazole rings is 1. The van der Waals surface area contributed by atoms with E-state index in [1.165, 1.54) is 18.2 Å². The molecule has 1 fully saturated rings. The SMILES string of the molecule is CNc1nc(CN(C)C(C)=O)nc2c1ncn2C1OC(C)C(O)C1O. The topological polar surface area (TPSA) is 126 Å². The number of ether oxygens (including phenoxy) is 1. The van der Waals surface area contributed by atoms with E-state index in [9.17, 15) is 15.0 Å². The van der Waals surface area contributed by atoms with Crippen molar-refractivity contribution in [3.63, 3.8) is 0 Å². The summed E-state index contributed by atoms with van der Waals surface area (Å²) < 4.78 is 7.22. The van der Waals surface area contributed by atoms with Crippen molar-refractivity contribution in [1.29, 1.82) is 0 Å². The molecule has 3 heterocycles. The van der Waals surface area contributed by atoms with Crippen LogP contribution in [0, 0.1) is 0 Å². The number of aliphatic hydroxyl groups excluding tert-OH is 2. The number of rotatable bonds is 4. The van der Waals surface area contributed by atoms with Crippen LogP contribution in [-0.2, 0) is 16.1 Å². The first kappa shape index (κ1) is 17.5. The zero-order chi connectivity index (χ0) is 18.3. The van der Waals surface area contributed by atoms with E-state index in [2.05, 4.69) is 20.3 Å². The number of carbonyl (C=O) groups excluding carboxylic acids is 1. The van der Waals surface area contributed by atoms with Crippen LogP contribution in [0.25, 0.3) is 11.2 Å². The summed E-state index contributed by atoms with van der Waals surface area (Å²) in [7, 11) is 3.38. The number of nitrogens with zero attached hydrogens (tertiary/aromatic N) is 5. The Labute approximate surface area is 144 Å². The molecule has 25 heavy (non-hydrogen) atoms. The second-order valence-electron chi connectivity index (χ2n) is 6.15. The highest BCUT2D eigenvalue weighted by atomic mass is 16.6. The molecule has 4 unspecified atom stereocenters. The van der Waals surface area contributed by atoms with E-state index < -0.39 is 24.5 Å². The molecular weight excluding hydrogens is 328 g/mol. The quantitative estimate of drug-likeness (QED) is 0.673. The Morgan fingerprint density at radius 2 is 2.12 bits per heavy atom. The Morgan fingerprint density at radius 1 is 1.40 bits per heavy atom. The highest BCUT2D eigenvalue weighted by Gasteiger charge is 2.42. The van der Waals surface area contributed by atoms with E-state index in [0.717, 1.165) is 0 Å². The van der Waals surface area contributed by atoms with Gasteiger partial charge in [0.15, 0.2) is 29.0 Å². The Hall–Kier alpha value is -2.30. The molecule has 0 bridgehead atoms. The summed E-state index contributed by atoms with van der Waals surface area (Å²) in [5, 5.41) is 23.1. The first-order chi connectivity index (χ1) is 11.8. The number of aliphatic hydroxyl groups is 2. The van der Waals surface area contributed by atoms with E-state index in [-0.39, 0.29) is 12.5 Å². The van der Waals surface area contributed by atoms with Gasteiger partial charge in [0.25, 0.3) is 0 Å². The average Bonchev–Trinajstić information content (AvgIpc) is 3.10. The lowest BCUT2D eigenvalue weighted by molar-refractivity contribution is -0.128. The lowest BCUT2D eigenvalue weighted by Crippen LogP contribution is -2.30. The van der Waals surface area contributed by atoms with Gasteiger partial charge in [0.2, 0.25) is 5.91 Å². The molecule has 0 aromatic carbocycles. The predicted molar refractivity (Wildman–Crippen MR) is 88.6 cm³/mol. The van der Waals surface area contributed by atoms with Crippen LogP contribution in [0.2, 0.25) is 0 Å². The van der Waals surface area contributed by atoms with Gasteiger partial charge in [-0.05, 0) is 6.92 Å². The van der Waals surface area contributed by atoms with Gasteiger partial charge >= 0.3 is 0 Å². The van der Waals surface area contributed by atoms with Gasteiger partial charge < -0.3 is 25.2 Å². The normalized spacial score (nSPS) is 26.2. The van der Waals surface area contributed by atoms with Gasteiger partial charge in [-0.25, -0.2) is 15.0 Å². The van der Waals surface area contributed by atoms with Gasteiger partial charge in [-0.15, -0.1) is 0 Å². The monoisotopic (exact) mass is 350 g/mol. The third kappa shape index (κ3) is 3.03. The fourth-order valence-corrected chi connectivity index (χ4v) is 2.77. The average molecular weight is 350 g/mol. The summed E-state index contributed by atoms with van der Waals surface area (Å²) in [5.41, 5.74) is 0.971. The zero-order valence-corrected chi connectivity index (χ0v) is 14.5. The predicted octanol–water partition coefficient (Wildman–Crippen LogP) is -0.515. The molecule has 2 aromatic heterocycles. The Balaban J connectivity index is 2.05. The number of nitrogens with one attached hydrogen (secondary N) is 1. The van der Waals surface area contributed by atoms with E-state index in [1.54, 1.807) is 25.6 Å². The summed E-state index contributed by atoms with van der Waals surface area (Å²) >= 11 is 0. The van der Waals surface area contributed by atoms with Gasteiger partial charge in [0.1, 0.15) is 12.2 Å². The van der Waals surface area contributed by atoms with Crippen molar-refractivity contribution in [2.24, 2.45) is 0 Å². The van der Waals surface area contributed by atoms with E-state index >= 15 is 0 Å². The highest BCUT2D eigenvalue weighted by Crippen LogP contribution is 2.32. The van der Waals surface area contributed by atoms with Crippen molar-refractivity contribution in [1.82, 2.24) is 24.4 Å². The third-order valence-electron chi connectivity index (χ3n) is 4.37. The van der Waals surface area contributed by atoms with Crippen molar-refractivity contribution in [2.45, 2.75) is 44.9 Å². The number of fused-ring (bicyclic) bond motifs is 1. The first-order valence-corrected chi connectivity index (χ1v) is 7.98. The number of aromatic nitrogens is 4. The molecule has 0 spiro atoms. The maximum absolute atomic E-state index is 11.5. The molecule has 3 rings (SSSR count). The molecule has 10 heteroatoms. The Kier molecular flexibility index (Phi) is 4.58. The molecule has 1 amide bonds. The smallest absolute Gasteiger partial charge is 0.219 e. The standard InChI is InChI=1S/C15H22N6O4/c1-7-11(23)12(24)15(25-7)21-6-17-10-13(16-3)18-9(19-14(10)21)5-20(4)8(2)22/h6-7,11-12,15,23-24H,5H2,1-4H3,(H,16,18,19). The van der Waals surface area contributed by atoms with Crippen molar-refractivity contribution in [3.8, 4) is 0 Å². The second kappa shape index (κ2) is 6.54. The van der Waals surface area contributed by atoms with Crippen LogP contribution < -0.4 is 5.32 Å². The summed E-state index contributed by atoms with van der Waals surface area (Å²) in [4.78, 5) is 26.1. The van der Waals surface area contributed by atoms with Crippen molar-refractivity contribution >= 4 is 22.9 Å². The first-order valence-electron chi connectivity index (χ1n) is 7.98. The van der Waals surface area contributed by atoms with Gasteiger partial charge in [-0.2, -0.15) is 0 Å². The molecule has 1 aliphatic rings. The molecule has 10 nitrogen and oxygen atoms in total. The van der Waals surface area contributed by atoms with Crippen LogP contribution >= 0.6 is 0 Å². The van der Waals surface area contributed by atoms with E-state index in [4.69, 9.17) is 4.74 Å². The van der Waals surface area contributed by atoms with Crippen molar-refractivity contribution < 1.29 is 19.7 Å². The van der Waals surface area contributed by atoms with Crippen molar-refractivity contribution in [2.75, 3.05) is 19.4 Å². The van der Waals surface area contributed by atoms with Crippen LogP contribution in [0.5, 0.6) is 0 Å². The molecule has 0 aliphatic carbocycles. The zero-order valence-electron chi connectivity index (χ0n) is 14.5. The molecule has 3 N–H and O–H groups in total. The Morgan fingerprint density at radius 3 is 2.68 bits per heavy atom. The lowest BCUT2D eigenvalue weighted by Gasteiger charge is -2.18.